The van der Waals surface area contributed by atoms with Gasteiger partial charge in [0.25, 0.3) is 0 Å². The van der Waals surface area contributed by atoms with Crippen LogP contribution in [0.15, 0.2) is 0 Å². The Hall–Kier alpha value is 0.443. The van der Waals surface area contributed by atoms with Crippen LogP contribution in [0.5, 0.6) is 0 Å². The van der Waals surface area contributed by atoms with Gasteiger partial charge in [0.15, 0.2) is 5.97 Å². The molecule has 0 bridgehead atoms. The van der Waals surface area contributed by atoms with Crippen LogP contribution in [0.1, 0.15) is 13.8 Å². The molecule has 0 saturated carbocycles. The number of carbonyl (C=O) groups excluding carboxylic acids is 1. The van der Waals surface area contributed by atoms with Gasteiger partial charge in [-0.2, -0.15) is 13.8 Å². The molecule has 0 aromatic rings. The summed E-state index contributed by atoms with van der Waals surface area (Å²) in [6.45, 7) is 3.43. The number of ether oxygens (including phenoxy) is 1. The Kier molecular flexibility index (Phi) is 11.4. The first-order valence-electron chi connectivity index (χ1n) is 2.33. The fourth-order valence-electron chi connectivity index (χ4n) is 0.204. The molecular formula is C5H9BrO2Zn. The average molecular weight is 246 g/mol. The second kappa shape index (κ2) is 8.44. The molecule has 50 valence electrons. The molecule has 9 heavy (non-hydrogen) atoms. The minimum atomic E-state index is -0.236. The van der Waals surface area contributed by atoms with Crippen molar-refractivity contribution in [1.29, 1.82) is 0 Å². The second-order valence-electron chi connectivity index (χ2n) is 1.49. The van der Waals surface area contributed by atoms with E-state index < -0.39 is 0 Å². The van der Waals surface area contributed by atoms with E-state index in [1.165, 1.54) is 23.5 Å². The fraction of sp³-hybridized carbons (Fsp3) is 0.600. The standard InChI is InChI=1S/C5H9O2.BrH.Zn/c1-4(2)5(6)7-3;;/h1-3H3;1H;/q-1;;+2/p-1. The molecule has 0 amide bonds. The number of carbonyl (C=O) groups is 1. The molecule has 0 aromatic heterocycles. The molecule has 0 radical (unpaired) electrons. The third-order valence-corrected chi connectivity index (χ3v) is 0.594. The van der Waals surface area contributed by atoms with Crippen LogP contribution in [0.3, 0.4) is 0 Å². The van der Waals surface area contributed by atoms with Crippen molar-refractivity contribution in [1.82, 2.24) is 0 Å². The second-order valence-corrected chi connectivity index (χ2v) is 1.49. The number of methoxy groups -OCH3 is 1. The average Bonchev–Trinajstić information content (AvgIpc) is 1.91. The predicted molar refractivity (Wildman–Crippen MR) is 35.5 cm³/mol. The molecule has 0 aromatic carbocycles. The van der Waals surface area contributed by atoms with E-state index in [0.29, 0.717) is 5.92 Å². The van der Waals surface area contributed by atoms with Gasteiger partial charge in [-0.15, -0.1) is 0 Å². The van der Waals surface area contributed by atoms with Crippen LogP contribution in [0.4, 0.5) is 0 Å². The van der Waals surface area contributed by atoms with E-state index in [9.17, 15) is 4.79 Å². The Labute approximate surface area is 72.4 Å². The van der Waals surface area contributed by atoms with Gasteiger partial charge in [-0.1, -0.05) is 0 Å². The Balaban J connectivity index is 0. The monoisotopic (exact) mass is 244 g/mol. The van der Waals surface area contributed by atoms with Gasteiger partial charge < -0.3 is 4.74 Å². The molecule has 0 fully saturated rings. The molecule has 0 rings (SSSR count). The van der Waals surface area contributed by atoms with Crippen molar-refractivity contribution in [2.45, 2.75) is 13.8 Å². The molecular weight excluding hydrogens is 237 g/mol. The molecule has 0 heterocycles. The Morgan fingerprint density at radius 1 is 1.56 bits per heavy atom. The van der Waals surface area contributed by atoms with Crippen molar-refractivity contribution >= 4 is 19.6 Å². The normalized spacial score (nSPS) is 6.89. The summed E-state index contributed by atoms with van der Waals surface area (Å²) in [5.41, 5.74) is 0. The van der Waals surface area contributed by atoms with Gasteiger partial charge >= 0.3 is 30.0 Å². The summed E-state index contributed by atoms with van der Waals surface area (Å²) < 4.78 is 4.34. The van der Waals surface area contributed by atoms with Gasteiger partial charge in [0, 0.05) is 0 Å². The summed E-state index contributed by atoms with van der Waals surface area (Å²) >= 11 is 4.25. The summed E-state index contributed by atoms with van der Waals surface area (Å²) in [5.74, 6) is 0.447. The van der Waals surface area contributed by atoms with Crippen molar-refractivity contribution in [2.24, 2.45) is 0 Å². The summed E-state index contributed by atoms with van der Waals surface area (Å²) in [7, 11) is 1.37. The van der Waals surface area contributed by atoms with Gasteiger partial charge in [0.1, 0.15) is 0 Å². The number of rotatable bonds is 1. The third-order valence-electron chi connectivity index (χ3n) is 0.594. The number of halogens is 1. The summed E-state index contributed by atoms with van der Waals surface area (Å²) in [4.78, 5) is 10.3. The van der Waals surface area contributed by atoms with Crippen LogP contribution in [0.25, 0.3) is 0 Å². The summed E-state index contributed by atoms with van der Waals surface area (Å²) in [6.07, 6.45) is 0. The van der Waals surface area contributed by atoms with Crippen molar-refractivity contribution in [3.63, 3.8) is 0 Å². The number of hydrogen-bond donors (Lipinski definition) is 0. The van der Waals surface area contributed by atoms with E-state index in [-0.39, 0.29) is 5.97 Å². The number of esters is 1. The van der Waals surface area contributed by atoms with Crippen molar-refractivity contribution < 1.29 is 25.9 Å². The van der Waals surface area contributed by atoms with E-state index in [1.807, 2.05) is 0 Å². The van der Waals surface area contributed by atoms with Gasteiger partial charge in [-0.3, -0.25) is 10.7 Å². The molecule has 0 N–H and O–H groups in total. The minimum absolute atomic E-state index is 0.236. The molecule has 0 aliphatic carbocycles. The zero-order valence-electron chi connectivity index (χ0n) is 5.90. The Bertz CT molecular complexity index is 75.4. The maximum atomic E-state index is 10.3. The molecule has 0 spiro atoms. The van der Waals surface area contributed by atoms with E-state index in [4.69, 9.17) is 0 Å². The van der Waals surface area contributed by atoms with Crippen LogP contribution in [-0.2, 0) is 25.9 Å². The fourth-order valence-corrected chi connectivity index (χ4v) is 0.204. The third kappa shape index (κ3) is 8.44. The summed E-state index contributed by atoms with van der Waals surface area (Å²) in [5, 5.41) is 0. The quantitative estimate of drug-likeness (QED) is 0.399. The SMILES string of the molecule is COC(=O)[C-](C)C.[Zn+][Br]. The van der Waals surface area contributed by atoms with Crippen LogP contribution in [0.2, 0.25) is 0 Å². The van der Waals surface area contributed by atoms with E-state index in [0.717, 1.165) is 0 Å². The van der Waals surface area contributed by atoms with Crippen LogP contribution in [0, 0.1) is 5.92 Å². The maximum absolute atomic E-state index is 10.3. The predicted octanol–water partition coefficient (Wildman–Crippen LogP) is 1.62. The zero-order valence-corrected chi connectivity index (χ0v) is 10.5. The topological polar surface area (TPSA) is 26.3 Å². The molecule has 0 aliphatic heterocycles. The molecule has 2 nitrogen and oxygen atoms in total. The zero-order chi connectivity index (χ0) is 7.86. The molecule has 0 unspecified atom stereocenters. The first-order valence-corrected chi connectivity index (χ1v) is 9.28. The van der Waals surface area contributed by atoms with Crippen LogP contribution < -0.4 is 0 Å². The molecule has 4 heteroatoms. The van der Waals surface area contributed by atoms with E-state index in [1.54, 1.807) is 13.8 Å². The van der Waals surface area contributed by atoms with Gasteiger partial charge in [0.05, 0.1) is 7.11 Å². The summed E-state index contributed by atoms with van der Waals surface area (Å²) in [6, 6.07) is 0. The molecule has 0 atom stereocenters. The van der Waals surface area contributed by atoms with E-state index in [2.05, 4.69) is 18.4 Å². The Morgan fingerprint density at radius 3 is 1.89 bits per heavy atom. The van der Waals surface area contributed by atoms with Crippen LogP contribution >= 0.6 is 13.6 Å². The van der Waals surface area contributed by atoms with Crippen molar-refractivity contribution in [2.75, 3.05) is 7.11 Å². The van der Waals surface area contributed by atoms with Crippen LogP contribution in [-0.4, -0.2) is 13.1 Å². The molecule has 0 aliphatic rings. The van der Waals surface area contributed by atoms with E-state index >= 15 is 0 Å². The van der Waals surface area contributed by atoms with Gasteiger partial charge in [-0.25, -0.2) is 0 Å². The van der Waals surface area contributed by atoms with Gasteiger partial charge in [-0.05, 0) is 0 Å². The first kappa shape index (κ1) is 12.2. The van der Waals surface area contributed by atoms with Gasteiger partial charge in [0.2, 0.25) is 0 Å². The number of hydrogen-bond acceptors (Lipinski definition) is 2. The Morgan fingerprint density at radius 2 is 1.89 bits per heavy atom. The first-order chi connectivity index (χ1) is 4.18. The van der Waals surface area contributed by atoms with Crippen molar-refractivity contribution in [3.05, 3.63) is 5.92 Å². The molecule has 0 saturated heterocycles. The van der Waals surface area contributed by atoms with Crippen molar-refractivity contribution in [3.8, 4) is 0 Å².